The van der Waals surface area contributed by atoms with Gasteiger partial charge in [0.1, 0.15) is 16.1 Å². The minimum Gasteiger partial charge on any atom is -0.220 e. The summed E-state index contributed by atoms with van der Waals surface area (Å²) in [7, 11) is 0. The van der Waals surface area contributed by atoms with E-state index in [9.17, 15) is 0 Å². The first-order chi connectivity index (χ1) is 10.1. The molecule has 1 aromatic carbocycles. The van der Waals surface area contributed by atoms with Crippen LogP contribution < -0.4 is 0 Å². The topological polar surface area (TPSA) is 25.8 Å². The maximum Gasteiger partial charge on any atom is 0.137 e. The fraction of sp³-hybridized carbons (Fsp3) is 0.375. The predicted molar refractivity (Wildman–Crippen MR) is 87.5 cm³/mol. The van der Waals surface area contributed by atoms with E-state index in [0.717, 1.165) is 24.0 Å². The average molecular weight is 342 g/mol. The van der Waals surface area contributed by atoms with Gasteiger partial charge in [-0.1, -0.05) is 59.8 Å². The Morgan fingerprint density at radius 3 is 2.29 bits per heavy atom. The van der Waals surface area contributed by atoms with E-state index in [0.29, 0.717) is 33.5 Å². The molecule has 2 aromatic rings. The Bertz CT molecular complexity index is 629. The zero-order valence-electron chi connectivity index (χ0n) is 11.5. The molecule has 0 atom stereocenters. The first kappa shape index (κ1) is 15.1. The Hall–Kier alpha value is -0.830. The van der Waals surface area contributed by atoms with Crippen LogP contribution in [0.3, 0.4) is 0 Å². The number of benzene rings is 1. The number of halogens is 3. The summed E-state index contributed by atoms with van der Waals surface area (Å²) in [6, 6.07) is 7.64. The molecule has 21 heavy (non-hydrogen) atoms. The first-order valence-electron chi connectivity index (χ1n) is 7.10. The standard InChI is InChI=1S/C16H15Cl3N2/c17-12-7-3-4-10(8-12)9-13-20-15(18)14(16(19)21-13)11-5-1-2-6-11/h3-4,7-8,11H,1-2,5-6,9H2. The fourth-order valence-electron chi connectivity index (χ4n) is 2.92. The highest BCUT2D eigenvalue weighted by molar-refractivity contribution is 6.34. The number of hydrogen-bond acceptors (Lipinski definition) is 2. The van der Waals surface area contributed by atoms with Crippen LogP contribution in [0.25, 0.3) is 0 Å². The van der Waals surface area contributed by atoms with E-state index in [1.807, 2.05) is 24.3 Å². The highest BCUT2D eigenvalue weighted by atomic mass is 35.5. The number of aromatic nitrogens is 2. The van der Waals surface area contributed by atoms with Crippen molar-refractivity contribution in [1.29, 1.82) is 0 Å². The number of nitrogens with zero attached hydrogens (tertiary/aromatic N) is 2. The van der Waals surface area contributed by atoms with Gasteiger partial charge in [0.05, 0.1) is 0 Å². The van der Waals surface area contributed by atoms with Gasteiger partial charge in [0, 0.05) is 17.0 Å². The van der Waals surface area contributed by atoms with Gasteiger partial charge in [-0.3, -0.25) is 0 Å². The minimum absolute atomic E-state index is 0.408. The average Bonchev–Trinajstić information content (AvgIpc) is 2.91. The van der Waals surface area contributed by atoms with Crippen LogP contribution >= 0.6 is 34.8 Å². The molecule has 0 bridgehead atoms. The molecule has 1 aromatic heterocycles. The lowest BCUT2D eigenvalue weighted by Crippen LogP contribution is -2.04. The zero-order valence-corrected chi connectivity index (χ0v) is 13.7. The number of rotatable bonds is 3. The molecular formula is C16H15Cl3N2. The SMILES string of the molecule is Clc1cccc(Cc2nc(Cl)c(C3CCCC3)c(Cl)n2)c1. The predicted octanol–water partition coefficient (Wildman–Crippen LogP) is 5.69. The largest absolute Gasteiger partial charge is 0.220 e. The van der Waals surface area contributed by atoms with Gasteiger partial charge in [-0.05, 0) is 36.5 Å². The van der Waals surface area contributed by atoms with Crippen molar-refractivity contribution >= 4 is 34.8 Å². The lowest BCUT2D eigenvalue weighted by Gasteiger charge is -2.13. The first-order valence-corrected chi connectivity index (χ1v) is 8.23. The van der Waals surface area contributed by atoms with Crippen LogP contribution in [0, 0.1) is 0 Å². The minimum atomic E-state index is 0.408. The van der Waals surface area contributed by atoms with Crippen LogP contribution in [-0.4, -0.2) is 9.97 Å². The lowest BCUT2D eigenvalue weighted by atomic mass is 10.0. The third-order valence-corrected chi connectivity index (χ3v) is 4.72. The van der Waals surface area contributed by atoms with Crippen molar-refractivity contribution in [2.75, 3.05) is 0 Å². The van der Waals surface area contributed by atoms with Gasteiger partial charge in [0.2, 0.25) is 0 Å². The summed E-state index contributed by atoms with van der Waals surface area (Å²) in [4.78, 5) is 8.86. The van der Waals surface area contributed by atoms with Crippen molar-refractivity contribution in [2.24, 2.45) is 0 Å². The van der Waals surface area contributed by atoms with Crippen molar-refractivity contribution in [2.45, 2.75) is 38.0 Å². The molecule has 0 aliphatic heterocycles. The molecule has 0 amide bonds. The molecule has 3 rings (SSSR count). The van der Waals surface area contributed by atoms with Crippen LogP contribution in [0.2, 0.25) is 15.3 Å². The molecule has 1 saturated carbocycles. The molecule has 0 saturated heterocycles. The van der Waals surface area contributed by atoms with Crippen molar-refractivity contribution in [3.05, 3.63) is 56.5 Å². The second-order valence-electron chi connectivity index (χ2n) is 5.42. The Morgan fingerprint density at radius 2 is 1.67 bits per heavy atom. The molecule has 0 N–H and O–H groups in total. The van der Waals surface area contributed by atoms with Gasteiger partial charge < -0.3 is 0 Å². The smallest absolute Gasteiger partial charge is 0.137 e. The van der Waals surface area contributed by atoms with Crippen LogP contribution in [0.4, 0.5) is 0 Å². The quantitative estimate of drug-likeness (QED) is 0.671. The van der Waals surface area contributed by atoms with Crippen molar-refractivity contribution < 1.29 is 0 Å². The van der Waals surface area contributed by atoms with Crippen LogP contribution in [0.5, 0.6) is 0 Å². The molecule has 1 aliphatic rings. The molecule has 1 aliphatic carbocycles. The highest BCUT2D eigenvalue weighted by Crippen LogP contribution is 2.40. The van der Waals surface area contributed by atoms with Crippen LogP contribution in [0.1, 0.15) is 48.6 Å². The Morgan fingerprint density at radius 1 is 1.00 bits per heavy atom. The van der Waals surface area contributed by atoms with E-state index >= 15 is 0 Å². The number of hydrogen-bond donors (Lipinski definition) is 0. The molecular weight excluding hydrogens is 327 g/mol. The second-order valence-corrected chi connectivity index (χ2v) is 6.58. The van der Waals surface area contributed by atoms with E-state index in [1.165, 1.54) is 12.8 Å². The molecule has 0 radical (unpaired) electrons. The van der Waals surface area contributed by atoms with Gasteiger partial charge in [0.25, 0.3) is 0 Å². The molecule has 5 heteroatoms. The fourth-order valence-corrected chi connectivity index (χ4v) is 3.86. The molecule has 2 nitrogen and oxygen atoms in total. The van der Waals surface area contributed by atoms with Crippen molar-refractivity contribution in [1.82, 2.24) is 9.97 Å². The van der Waals surface area contributed by atoms with Crippen molar-refractivity contribution in [3.63, 3.8) is 0 Å². The Labute approximate surface area is 139 Å². The highest BCUT2D eigenvalue weighted by Gasteiger charge is 2.24. The van der Waals surface area contributed by atoms with Crippen LogP contribution in [-0.2, 0) is 6.42 Å². The van der Waals surface area contributed by atoms with Crippen LogP contribution in [0.15, 0.2) is 24.3 Å². The van der Waals surface area contributed by atoms with E-state index < -0.39 is 0 Å². The normalized spacial score (nSPS) is 15.6. The summed E-state index contributed by atoms with van der Waals surface area (Å²) in [6.07, 6.45) is 5.26. The second kappa shape index (κ2) is 6.51. The van der Waals surface area contributed by atoms with E-state index in [-0.39, 0.29) is 0 Å². The van der Waals surface area contributed by atoms with Gasteiger partial charge in [0.15, 0.2) is 0 Å². The molecule has 0 unspecified atom stereocenters. The van der Waals surface area contributed by atoms with E-state index in [2.05, 4.69) is 9.97 Å². The Balaban J connectivity index is 1.87. The maximum atomic E-state index is 6.35. The summed E-state index contributed by atoms with van der Waals surface area (Å²) in [5, 5.41) is 1.70. The van der Waals surface area contributed by atoms with Gasteiger partial charge in [-0.25, -0.2) is 9.97 Å². The lowest BCUT2D eigenvalue weighted by molar-refractivity contribution is 0.710. The molecule has 1 heterocycles. The summed E-state index contributed by atoms with van der Waals surface area (Å²) >= 11 is 18.7. The van der Waals surface area contributed by atoms with Crippen molar-refractivity contribution in [3.8, 4) is 0 Å². The Kier molecular flexibility index (Phi) is 4.68. The van der Waals surface area contributed by atoms with Gasteiger partial charge in [-0.15, -0.1) is 0 Å². The van der Waals surface area contributed by atoms with Gasteiger partial charge in [-0.2, -0.15) is 0 Å². The summed E-state index contributed by atoms with van der Waals surface area (Å²) in [6.45, 7) is 0. The van der Waals surface area contributed by atoms with Gasteiger partial charge >= 0.3 is 0 Å². The summed E-state index contributed by atoms with van der Waals surface area (Å²) in [5.74, 6) is 1.04. The molecule has 1 fully saturated rings. The third-order valence-electron chi connectivity index (χ3n) is 3.91. The maximum absolute atomic E-state index is 6.35. The summed E-state index contributed by atoms with van der Waals surface area (Å²) in [5.41, 5.74) is 1.97. The van der Waals surface area contributed by atoms with E-state index in [4.69, 9.17) is 34.8 Å². The monoisotopic (exact) mass is 340 g/mol. The zero-order chi connectivity index (χ0) is 14.8. The van der Waals surface area contributed by atoms with E-state index in [1.54, 1.807) is 0 Å². The molecule has 110 valence electrons. The molecule has 0 spiro atoms. The summed E-state index contributed by atoms with van der Waals surface area (Å²) < 4.78 is 0. The third kappa shape index (κ3) is 3.50.